The lowest BCUT2D eigenvalue weighted by molar-refractivity contribution is -0.137. The number of piperidine rings is 2. The average molecular weight is 544 g/mol. The third kappa shape index (κ3) is 7.38. The van der Waals surface area contributed by atoms with Gasteiger partial charge in [-0.1, -0.05) is 6.07 Å². The Kier molecular flexibility index (Phi) is 8.54. The number of aromatic nitrogens is 1. The Bertz CT molecular complexity index is 1120. The van der Waals surface area contributed by atoms with Gasteiger partial charge in [0.15, 0.2) is 0 Å². The molecular weight excluding hydrogens is 504 g/mol. The van der Waals surface area contributed by atoms with Crippen molar-refractivity contribution in [3.8, 4) is 11.6 Å². The number of anilines is 1. The number of carbonyl (C=O) groups is 1. The van der Waals surface area contributed by atoms with Crippen molar-refractivity contribution in [2.75, 3.05) is 44.8 Å². The second-order valence-electron chi connectivity index (χ2n) is 11.3. The molecule has 5 rings (SSSR count). The zero-order chi connectivity index (χ0) is 27.4. The van der Waals surface area contributed by atoms with E-state index in [0.717, 1.165) is 61.3 Å². The molecule has 0 bridgehead atoms. The monoisotopic (exact) mass is 543 g/mol. The van der Waals surface area contributed by atoms with Gasteiger partial charge >= 0.3 is 5.97 Å². The summed E-state index contributed by atoms with van der Waals surface area (Å²) in [5.74, 6) is -1.10. The number of benzene rings is 1. The van der Waals surface area contributed by atoms with Crippen LogP contribution in [0, 0.1) is 11.8 Å². The third-order valence-corrected chi connectivity index (χ3v) is 8.47. The smallest absolute Gasteiger partial charge is 0.303 e. The number of carboxylic acids is 1. The van der Waals surface area contributed by atoms with Crippen molar-refractivity contribution in [3.63, 3.8) is 0 Å². The lowest BCUT2D eigenvalue weighted by Crippen LogP contribution is -2.40. The van der Waals surface area contributed by atoms with E-state index in [9.17, 15) is 18.7 Å². The molecule has 2 aliphatic heterocycles. The van der Waals surface area contributed by atoms with Crippen LogP contribution in [0.15, 0.2) is 36.5 Å². The Morgan fingerprint density at radius 1 is 1.10 bits per heavy atom. The van der Waals surface area contributed by atoms with Gasteiger partial charge in [-0.2, -0.15) is 0 Å². The Morgan fingerprint density at radius 2 is 1.85 bits per heavy atom. The summed E-state index contributed by atoms with van der Waals surface area (Å²) in [5.41, 5.74) is 3.26. The number of hydrogen-bond acceptors (Lipinski definition) is 6. The number of ether oxygens (including phenoxy) is 2. The molecule has 0 radical (unpaired) electrons. The Labute approximate surface area is 229 Å². The molecule has 2 aromatic rings. The van der Waals surface area contributed by atoms with Gasteiger partial charge < -0.3 is 19.5 Å². The molecule has 3 heterocycles. The van der Waals surface area contributed by atoms with Crippen molar-refractivity contribution in [2.24, 2.45) is 11.8 Å². The zero-order valence-electron chi connectivity index (χ0n) is 22.7. The van der Waals surface area contributed by atoms with E-state index >= 15 is 0 Å². The summed E-state index contributed by atoms with van der Waals surface area (Å²) in [6.07, 6.45) is 5.80. The van der Waals surface area contributed by atoms with Gasteiger partial charge in [0.25, 0.3) is 5.92 Å². The first-order chi connectivity index (χ1) is 18.8. The van der Waals surface area contributed by atoms with Crippen LogP contribution in [0.2, 0.25) is 0 Å². The van der Waals surface area contributed by atoms with Crippen LogP contribution in [0.1, 0.15) is 62.0 Å². The summed E-state index contributed by atoms with van der Waals surface area (Å²) in [4.78, 5) is 20.2. The largest absolute Gasteiger partial charge is 0.497 e. The highest BCUT2D eigenvalue weighted by Crippen LogP contribution is 2.45. The standard InChI is InChI=1S/C30H39F2N3O4/c1-38-25-5-4-24(19-34-14-9-30(31,32)10-15-34)27(17-25)35-12-7-21(8-13-35)20-39-28-16-23(6-11-33-28)26(18-29(36)37)22-2-3-22/h4-6,11,16-17,21-22,26H,2-3,7-10,12-15,18-20H2,1H3,(H,36,37). The number of likely N-dealkylation sites (tertiary alicyclic amines) is 1. The van der Waals surface area contributed by atoms with Crippen molar-refractivity contribution in [2.45, 2.75) is 63.3 Å². The molecule has 1 atom stereocenters. The highest BCUT2D eigenvalue weighted by molar-refractivity contribution is 5.68. The molecular formula is C30H39F2N3O4. The van der Waals surface area contributed by atoms with E-state index in [1.165, 1.54) is 0 Å². The van der Waals surface area contributed by atoms with Crippen molar-refractivity contribution >= 4 is 11.7 Å². The summed E-state index contributed by atoms with van der Waals surface area (Å²) in [6, 6.07) is 9.91. The van der Waals surface area contributed by atoms with Gasteiger partial charge in [0.2, 0.25) is 5.88 Å². The van der Waals surface area contributed by atoms with Crippen LogP contribution in [-0.2, 0) is 11.3 Å². The summed E-state index contributed by atoms with van der Waals surface area (Å²) < 4.78 is 38.9. The van der Waals surface area contributed by atoms with Crippen LogP contribution < -0.4 is 14.4 Å². The number of hydrogen-bond donors (Lipinski definition) is 1. The minimum atomic E-state index is -2.54. The molecule has 0 amide bonds. The topological polar surface area (TPSA) is 75.1 Å². The molecule has 1 aliphatic carbocycles. The van der Waals surface area contributed by atoms with Gasteiger partial charge in [0, 0.05) is 69.6 Å². The van der Waals surface area contributed by atoms with E-state index in [0.29, 0.717) is 44.0 Å². The predicted octanol–water partition coefficient (Wildman–Crippen LogP) is 5.59. The highest BCUT2D eigenvalue weighted by Gasteiger charge is 2.35. The van der Waals surface area contributed by atoms with Crippen LogP contribution in [0.25, 0.3) is 0 Å². The molecule has 1 N–H and O–H groups in total. The summed E-state index contributed by atoms with van der Waals surface area (Å²) in [7, 11) is 1.66. The first-order valence-electron chi connectivity index (χ1n) is 14.1. The lowest BCUT2D eigenvalue weighted by Gasteiger charge is -2.36. The van der Waals surface area contributed by atoms with E-state index in [2.05, 4.69) is 26.9 Å². The zero-order valence-corrected chi connectivity index (χ0v) is 22.7. The fourth-order valence-electron chi connectivity index (χ4n) is 5.90. The Hall–Kier alpha value is -2.94. The minimum absolute atomic E-state index is 0.0228. The van der Waals surface area contributed by atoms with Crippen LogP contribution in [0.3, 0.4) is 0 Å². The van der Waals surface area contributed by atoms with Gasteiger partial charge in [-0.05, 0) is 66.7 Å². The summed E-state index contributed by atoms with van der Waals surface area (Å²) in [5, 5.41) is 9.33. The fraction of sp³-hybridized carbons (Fsp3) is 0.600. The van der Waals surface area contributed by atoms with Gasteiger partial charge in [0.1, 0.15) is 5.75 Å². The Morgan fingerprint density at radius 3 is 2.51 bits per heavy atom. The van der Waals surface area contributed by atoms with Crippen LogP contribution in [0.5, 0.6) is 11.6 Å². The number of rotatable bonds is 11. The quantitative estimate of drug-likeness (QED) is 0.396. The second kappa shape index (κ2) is 12.1. The van der Waals surface area contributed by atoms with Crippen molar-refractivity contribution < 1.29 is 28.2 Å². The third-order valence-electron chi connectivity index (χ3n) is 8.47. The number of carboxylic acid groups (broad SMARTS) is 1. The first-order valence-corrected chi connectivity index (χ1v) is 14.1. The normalized spacial score (nSPS) is 20.9. The predicted molar refractivity (Wildman–Crippen MR) is 145 cm³/mol. The maximum Gasteiger partial charge on any atom is 0.303 e. The maximum atomic E-state index is 13.6. The minimum Gasteiger partial charge on any atom is -0.497 e. The molecule has 3 fully saturated rings. The van der Waals surface area contributed by atoms with Crippen LogP contribution in [-0.4, -0.2) is 66.8 Å². The fourth-order valence-corrected chi connectivity index (χ4v) is 5.90. The molecule has 1 saturated carbocycles. The van der Waals surface area contributed by atoms with E-state index in [1.807, 2.05) is 18.2 Å². The van der Waals surface area contributed by atoms with Gasteiger partial charge in [-0.15, -0.1) is 0 Å². The van der Waals surface area contributed by atoms with Crippen molar-refractivity contribution in [1.29, 1.82) is 0 Å². The van der Waals surface area contributed by atoms with E-state index in [4.69, 9.17) is 9.47 Å². The molecule has 9 heteroatoms. The van der Waals surface area contributed by atoms with E-state index in [-0.39, 0.29) is 25.2 Å². The lowest BCUT2D eigenvalue weighted by atomic mass is 9.92. The molecule has 2 saturated heterocycles. The van der Waals surface area contributed by atoms with E-state index in [1.54, 1.807) is 13.3 Å². The second-order valence-corrected chi connectivity index (χ2v) is 11.3. The summed E-state index contributed by atoms with van der Waals surface area (Å²) >= 11 is 0. The number of aliphatic carboxylic acids is 1. The van der Waals surface area contributed by atoms with Gasteiger partial charge in [0.05, 0.1) is 20.1 Å². The molecule has 7 nitrogen and oxygen atoms in total. The molecule has 3 aliphatic rings. The highest BCUT2D eigenvalue weighted by atomic mass is 19.3. The SMILES string of the molecule is COc1ccc(CN2CCC(F)(F)CC2)c(N2CCC(COc3cc(C(CC(=O)O)C4CC4)ccn3)CC2)c1. The molecule has 212 valence electrons. The molecule has 0 spiro atoms. The molecule has 1 unspecified atom stereocenters. The average Bonchev–Trinajstić information content (AvgIpc) is 3.78. The van der Waals surface area contributed by atoms with Crippen molar-refractivity contribution in [3.05, 3.63) is 47.7 Å². The summed E-state index contributed by atoms with van der Waals surface area (Å²) in [6.45, 7) is 3.80. The Balaban J connectivity index is 1.17. The number of alkyl halides is 2. The number of halogens is 2. The first kappa shape index (κ1) is 27.6. The van der Waals surface area contributed by atoms with Crippen LogP contribution in [0.4, 0.5) is 14.5 Å². The van der Waals surface area contributed by atoms with Crippen molar-refractivity contribution in [1.82, 2.24) is 9.88 Å². The maximum absolute atomic E-state index is 13.6. The number of methoxy groups -OCH3 is 1. The van der Waals surface area contributed by atoms with Gasteiger partial charge in [-0.25, -0.2) is 13.8 Å². The molecule has 39 heavy (non-hydrogen) atoms. The number of pyridine rings is 1. The van der Waals surface area contributed by atoms with E-state index < -0.39 is 11.9 Å². The number of nitrogens with zero attached hydrogens (tertiary/aromatic N) is 3. The molecule has 1 aromatic heterocycles. The molecule has 1 aromatic carbocycles. The van der Waals surface area contributed by atoms with Crippen LogP contribution >= 0.6 is 0 Å². The van der Waals surface area contributed by atoms with Gasteiger partial charge in [-0.3, -0.25) is 9.69 Å².